The van der Waals surface area contributed by atoms with E-state index in [1.807, 2.05) is 6.92 Å². The summed E-state index contributed by atoms with van der Waals surface area (Å²) in [5, 5.41) is 12.4. The third kappa shape index (κ3) is 1.39. The number of aliphatic hydroxyl groups is 1. The highest BCUT2D eigenvalue weighted by molar-refractivity contribution is 7.09. The van der Waals surface area contributed by atoms with E-state index >= 15 is 0 Å². The zero-order valence-electron chi connectivity index (χ0n) is 7.66. The number of hydrogen-bond acceptors (Lipinski definition) is 4. The Morgan fingerprint density at radius 2 is 2.62 bits per heavy atom. The lowest BCUT2D eigenvalue weighted by Crippen LogP contribution is -2.21. The van der Waals surface area contributed by atoms with Crippen LogP contribution in [0.3, 0.4) is 0 Å². The lowest BCUT2D eigenvalue weighted by molar-refractivity contribution is 0.211. The van der Waals surface area contributed by atoms with E-state index in [1.165, 1.54) is 0 Å². The predicted molar refractivity (Wildman–Crippen MR) is 52.8 cm³/mol. The second kappa shape index (κ2) is 3.04. The molecule has 13 heavy (non-hydrogen) atoms. The average Bonchev–Trinajstić information content (AvgIpc) is 2.74. The summed E-state index contributed by atoms with van der Waals surface area (Å²) in [6.45, 7) is 2.75. The van der Waals surface area contributed by atoms with Crippen LogP contribution in [0.5, 0.6) is 0 Å². The van der Waals surface area contributed by atoms with Crippen LogP contribution in [0.15, 0.2) is 5.38 Å². The van der Waals surface area contributed by atoms with Gasteiger partial charge >= 0.3 is 0 Å². The smallest absolute Gasteiger partial charge is 0.0897 e. The van der Waals surface area contributed by atoms with Crippen LogP contribution in [-0.4, -0.2) is 23.2 Å². The third-order valence-corrected chi connectivity index (χ3v) is 3.70. The first-order valence-electron chi connectivity index (χ1n) is 4.45. The van der Waals surface area contributed by atoms with Gasteiger partial charge in [-0.05, 0) is 13.3 Å². The minimum Gasteiger partial charge on any atom is -0.396 e. The van der Waals surface area contributed by atoms with Gasteiger partial charge in [-0.1, -0.05) is 0 Å². The largest absolute Gasteiger partial charge is 0.396 e. The molecule has 1 saturated carbocycles. The molecule has 0 bridgehead atoms. The maximum atomic E-state index is 9.19. The normalized spacial score (nSPS) is 32.1. The fourth-order valence-corrected chi connectivity index (χ4v) is 2.44. The van der Waals surface area contributed by atoms with Crippen molar-refractivity contribution in [2.75, 3.05) is 13.2 Å². The lowest BCUT2D eigenvalue weighted by Gasteiger charge is -2.08. The zero-order chi connectivity index (χ0) is 9.47. The van der Waals surface area contributed by atoms with Crippen LogP contribution < -0.4 is 5.73 Å². The number of nitrogens with zero attached hydrogens (tertiary/aromatic N) is 1. The van der Waals surface area contributed by atoms with Crippen molar-refractivity contribution in [1.29, 1.82) is 0 Å². The Hall–Kier alpha value is -0.450. The van der Waals surface area contributed by atoms with Gasteiger partial charge in [-0.2, -0.15) is 0 Å². The van der Waals surface area contributed by atoms with Crippen LogP contribution in [0, 0.1) is 12.3 Å². The molecule has 0 aliphatic heterocycles. The lowest BCUT2D eigenvalue weighted by atomic mass is 10.0. The second-order valence-electron chi connectivity index (χ2n) is 3.77. The quantitative estimate of drug-likeness (QED) is 0.758. The minimum absolute atomic E-state index is 0.0550. The topological polar surface area (TPSA) is 59.1 Å². The fraction of sp³-hybridized carbons (Fsp3) is 0.667. The summed E-state index contributed by atoms with van der Waals surface area (Å²) < 4.78 is 0. The molecule has 1 fully saturated rings. The van der Waals surface area contributed by atoms with Gasteiger partial charge in [0.1, 0.15) is 0 Å². The van der Waals surface area contributed by atoms with Gasteiger partial charge in [0, 0.05) is 23.3 Å². The number of nitrogens with two attached hydrogens (primary N) is 1. The van der Waals surface area contributed by atoms with E-state index in [9.17, 15) is 5.11 Å². The Bertz CT molecular complexity index is 306. The molecule has 4 heteroatoms. The molecule has 1 aliphatic carbocycles. The first-order chi connectivity index (χ1) is 6.22. The van der Waals surface area contributed by atoms with E-state index in [0.29, 0.717) is 12.5 Å². The van der Waals surface area contributed by atoms with Crippen molar-refractivity contribution in [3.63, 3.8) is 0 Å². The van der Waals surface area contributed by atoms with Gasteiger partial charge < -0.3 is 10.8 Å². The summed E-state index contributed by atoms with van der Waals surface area (Å²) in [5.41, 5.74) is 6.69. The summed E-state index contributed by atoms with van der Waals surface area (Å²) in [7, 11) is 0. The Labute approximate surface area is 81.6 Å². The Balaban J connectivity index is 2.14. The molecule has 0 radical (unpaired) electrons. The van der Waals surface area contributed by atoms with Crippen molar-refractivity contribution < 1.29 is 5.11 Å². The Morgan fingerprint density at radius 1 is 1.85 bits per heavy atom. The van der Waals surface area contributed by atoms with Crippen LogP contribution >= 0.6 is 11.3 Å². The maximum Gasteiger partial charge on any atom is 0.0897 e. The van der Waals surface area contributed by atoms with Crippen molar-refractivity contribution >= 4 is 11.3 Å². The van der Waals surface area contributed by atoms with Gasteiger partial charge in [-0.25, -0.2) is 4.98 Å². The van der Waals surface area contributed by atoms with Gasteiger partial charge in [-0.15, -0.1) is 11.3 Å². The van der Waals surface area contributed by atoms with Gasteiger partial charge in [0.15, 0.2) is 0 Å². The molecule has 2 atom stereocenters. The number of aromatic nitrogens is 1. The monoisotopic (exact) mass is 198 g/mol. The molecule has 72 valence electrons. The molecule has 0 aromatic carbocycles. The zero-order valence-corrected chi connectivity index (χ0v) is 8.47. The number of thiazole rings is 1. The van der Waals surface area contributed by atoms with Crippen molar-refractivity contribution in [2.24, 2.45) is 11.1 Å². The van der Waals surface area contributed by atoms with Gasteiger partial charge in [0.25, 0.3) is 0 Å². The summed E-state index contributed by atoms with van der Waals surface area (Å²) in [5.74, 6) is 0.396. The molecule has 1 aromatic rings. The van der Waals surface area contributed by atoms with Crippen LogP contribution in [-0.2, 0) is 0 Å². The van der Waals surface area contributed by atoms with Crippen LogP contribution in [0.1, 0.15) is 23.0 Å². The van der Waals surface area contributed by atoms with Gasteiger partial charge in [0.2, 0.25) is 0 Å². The highest BCUT2D eigenvalue weighted by Crippen LogP contribution is 2.58. The summed E-state index contributed by atoms with van der Waals surface area (Å²) in [6.07, 6.45) is 0.989. The second-order valence-corrected chi connectivity index (χ2v) is 4.83. The summed E-state index contributed by atoms with van der Waals surface area (Å²) in [4.78, 5) is 4.42. The number of aliphatic hydroxyl groups excluding tert-OH is 1. The third-order valence-electron chi connectivity index (χ3n) is 2.90. The highest BCUT2D eigenvalue weighted by atomic mass is 32.1. The number of rotatable bonds is 3. The van der Waals surface area contributed by atoms with Crippen LogP contribution in [0.25, 0.3) is 0 Å². The summed E-state index contributed by atoms with van der Waals surface area (Å²) >= 11 is 1.66. The average molecular weight is 198 g/mol. The highest BCUT2D eigenvalue weighted by Gasteiger charge is 2.54. The van der Waals surface area contributed by atoms with E-state index in [-0.39, 0.29) is 12.0 Å². The van der Waals surface area contributed by atoms with Gasteiger partial charge in [-0.3, -0.25) is 0 Å². The summed E-state index contributed by atoms with van der Waals surface area (Å²) in [6, 6.07) is 0. The van der Waals surface area contributed by atoms with Crippen LogP contribution in [0.4, 0.5) is 0 Å². The predicted octanol–water partition coefficient (Wildman–Crippen LogP) is 0.876. The fourth-order valence-electron chi connectivity index (χ4n) is 1.77. The van der Waals surface area contributed by atoms with Crippen LogP contribution in [0.2, 0.25) is 0 Å². The molecule has 0 saturated heterocycles. The maximum absolute atomic E-state index is 9.19. The van der Waals surface area contributed by atoms with Crippen molar-refractivity contribution in [2.45, 2.75) is 19.3 Å². The standard InChI is InChI=1S/C9H14N2OS/c1-6-11-8(3-13-6)7-2-9(7,4-10)5-12/h3,7,12H,2,4-5,10H2,1H3. The SMILES string of the molecule is Cc1nc(C2CC2(CN)CO)cs1. The Kier molecular flexibility index (Phi) is 2.14. The molecule has 1 aromatic heterocycles. The molecule has 1 aliphatic rings. The van der Waals surface area contributed by atoms with Crippen molar-refractivity contribution in [3.8, 4) is 0 Å². The molecule has 0 spiro atoms. The van der Waals surface area contributed by atoms with Crippen molar-refractivity contribution in [1.82, 2.24) is 4.98 Å². The number of hydrogen-bond donors (Lipinski definition) is 2. The molecular formula is C9H14N2OS. The first-order valence-corrected chi connectivity index (χ1v) is 5.33. The molecule has 1 heterocycles. The molecular weight excluding hydrogens is 184 g/mol. The van der Waals surface area contributed by atoms with Crippen molar-refractivity contribution in [3.05, 3.63) is 16.1 Å². The van der Waals surface area contributed by atoms with E-state index < -0.39 is 0 Å². The molecule has 3 N–H and O–H groups in total. The molecule has 3 nitrogen and oxygen atoms in total. The minimum atomic E-state index is -0.0550. The van der Waals surface area contributed by atoms with E-state index in [4.69, 9.17) is 5.73 Å². The molecule has 0 amide bonds. The van der Waals surface area contributed by atoms with Gasteiger partial charge in [0.05, 0.1) is 17.3 Å². The van der Waals surface area contributed by atoms with E-state index in [1.54, 1.807) is 11.3 Å². The van der Waals surface area contributed by atoms with E-state index in [0.717, 1.165) is 17.1 Å². The molecule has 2 unspecified atom stereocenters. The molecule has 2 rings (SSSR count). The Morgan fingerprint density at radius 3 is 3.00 bits per heavy atom. The first kappa shape index (κ1) is 9.12. The number of aryl methyl sites for hydroxylation is 1. The van der Waals surface area contributed by atoms with E-state index in [2.05, 4.69) is 10.4 Å².